The first-order valence-electron chi connectivity index (χ1n) is 5.97. The summed E-state index contributed by atoms with van der Waals surface area (Å²) < 4.78 is 5.40. The van der Waals surface area contributed by atoms with Gasteiger partial charge in [-0.15, -0.1) is 0 Å². The number of carboxylic acids is 1. The second-order valence-electron chi connectivity index (χ2n) is 4.37. The molecule has 4 heteroatoms. The summed E-state index contributed by atoms with van der Waals surface area (Å²) in [4.78, 5) is 14.8. The van der Waals surface area contributed by atoms with Crippen LogP contribution in [-0.2, 0) is 11.2 Å². The van der Waals surface area contributed by atoms with E-state index in [-0.39, 0.29) is 6.42 Å². The predicted octanol–water partition coefficient (Wildman–Crippen LogP) is 3.09. The highest BCUT2D eigenvalue weighted by Gasteiger charge is 2.10. The number of aliphatic carboxylic acids is 1. The van der Waals surface area contributed by atoms with Crippen molar-refractivity contribution in [1.82, 2.24) is 4.98 Å². The molecule has 0 bridgehead atoms. The Morgan fingerprint density at radius 3 is 2.58 bits per heavy atom. The van der Waals surface area contributed by atoms with Crippen LogP contribution in [-0.4, -0.2) is 16.1 Å². The smallest absolute Gasteiger partial charge is 0.309 e. The number of oxazole rings is 1. The number of rotatable bonds is 4. The molecule has 0 fully saturated rings. The molecule has 1 heterocycles. The highest BCUT2D eigenvalue weighted by atomic mass is 16.4. The predicted molar refractivity (Wildman–Crippen MR) is 72.7 cm³/mol. The van der Waals surface area contributed by atoms with Gasteiger partial charge >= 0.3 is 5.97 Å². The third kappa shape index (κ3) is 3.55. The van der Waals surface area contributed by atoms with Crippen LogP contribution in [0, 0.1) is 13.8 Å². The normalized spacial score (nSPS) is 11.1. The van der Waals surface area contributed by atoms with Gasteiger partial charge in [-0.05, 0) is 25.5 Å². The van der Waals surface area contributed by atoms with Crippen molar-refractivity contribution in [3.8, 4) is 0 Å². The fourth-order valence-electron chi connectivity index (χ4n) is 1.67. The van der Waals surface area contributed by atoms with Crippen molar-refractivity contribution in [2.75, 3.05) is 0 Å². The van der Waals surface area contributed by atoms with Gasteiger partial charge in [-0.1, -0.05) is 29.8 Å². The summed E-state index contributed by atoms with van der Waals surface area (Å²) in [5, 5.41) is 8.73. The molecular weight excluding hydrogens is 242 g/mol. The van der Waals surface area contributed by atoms with Crippen LogP contribution >= 0.6 is 0 Å². The zero-order chi connectivity index (χ0) is 13.8. The van der Waals surface area contributed by atoms with Crippen LogP contribution in [0.1, 0.15) is 28.5 Å². The van der Waals surface area contributed by atoms with E-state index in [1.54, 1.807) is 13.0 Å². The van der Waals surface area contributed by atoms with Gasteiger partial charge in [0.05, 0.1) is 12.1 Å². The number of nitrogens with zero attached hydrogens (tertiary/aromatic N) is 1. The van der Waals surface area contributed by atoms with Gasteiger partial charge in [-0.3, -0.25) is 4.79 Å². The lowest BCUT2D eigenvalue weighted by atomic mass is 10.1. The summed E-state index contributed by atoms with van der Waals surface area (Å²) in [7, 11) is 0. The second kappa shape index (κ2) is 5.52. The van der Waals surface area contributed by atoms with Crippen LogP contribution < -0.4 is 0 Å². The van der Waals surface area contributed by atoms with E-state index in [1.807, 2.05) is 37.3 Å². The molecule has 0 saturated carbocycles. The van der Waals surface area contributed by atoms with Crippen molar-refractivity contribution in [3.05, 3.63) is 52.7 Å². The molecule has 0 radical (unpaired) electrons. The number of aromatic nitrogens is 1. The van der Waals surface area contributed by atoms with Crippen molar-refractivity contribution in [2.45, 2.75) is 20.3 Å². The van der Waals surface area contributed by atoms with Crippen molar-refractivity contribution < 1.29 is 14.3 Å². The van der Waals surface area contributed by atoms with E-state index in [1.165, 1.54) is 5.56 Å². The largest absolute Gasteiger partial charge is 0.481 e. The number of hydrogen-bond donors (Lipinski definition) is 1. The zero-order valence-corrected chi connectivity index (χ0v) is 10.9. The van der Waals surface area contributed by atoms with Gasteiger partial charge in [0.15, 0.2) is 0 Å². The van der Waals surface area contributed by atoms with Crippen LogP contribution in [0.5, 0.6) is 0 Å². The summed E-state index contributed by atoms with van der Waals surface area (Å²) >= 11 is 0. The van der Waals surface area contributed by atoms with Crippen molar-refractivity contribution >= 4 is 18.1 Å². The molecule has 98 valence electrons. The maximum Gasteiger partial charge on any atom is 0.309 e. The molecule has 2 rings (SSSR count). The highest BCUT2D eigenvalue weighted by Crippen LogP contribution is 2.14. The minimum atomic E-state index is -0.912. The third-order valence-corrected chi connectivity index (χ3v) is 2.72. The maximum atomic E-state index is 10.6. The number of hydrogen-bond acceptors (Lipinski definition) is 3. The number of carbonyl (C=O) groups is 1. The topological polar surface area (TPSA) is 63.3 Å². The Balaban J connectivity index is 2.15. The lowest BCUT2D eigenvalue weighted by Crippen LogP contribution is -2.01. The first kappa shape index (κ1) is 13.1. The maximum absolute atomic E-state index is 10.6. The molecule has 2 aromatic rings. The average Bonchev–Trinajstić information content (AvgIpc) is 2.69. The van der Waals surface area contributed by atoms with E-state index >= 15 is 0 Å². The average molecular weight is 257 g/mol. The van der Waals surface area contributed by atoms with E-state index < -0.39 is 5.97 Å². The van der Waals surface area contributed by atoms with E-state index in [2.05, 4.69) is 4.98 Å². The Morgan fingerprint density at radius 1 is 1.26 bits per heavy atom. The molecule has 1 N–H and O–H groups in total. The first-order valence-corrected chi connectivity index (χ1v) is 5.97. The van der Waals surface area contributed by atoms with E-state index in [0.29, 0.717) is 17.3 Å². The summed E-state index contributed by atoms with van der Waals surface area (Å²) in [5.74, 6) is 0.0609. The van der Waals surface area contributed by atoms with Gasteiger partial charge in [0.25, 0.3) is 0 Å². The summed E-state index contributed by atoms with van der Waals surface area (Å²) in [6.45, 7) is 3.75. The van der Waals surface area contributed by atoms with Crippen molar-refractivity contribution in [3.63, 3.8) is 0 Å². The Bertz CT molecular complexity index is 609. The molecule has 0 unspecified atom stereocenters. The molecule has 4 nitrogen and oxygen atoms in total. The third-order valence-electron chi connectivity index (χ3n) is 2.72. The Hall–Kier alpha value is -2.36. The van der Waals surface area contributed by atoms with Gasteiger partial charge in [-0.2, -0.15) is 0 Å². The minimum Gasteiger partial charge on any atom is -0.481 e. The van der Waals surface area contributed by atoms with Crippen LogP contribution in [0.15, 0.2) is 28.7 Å². The fraction of sp³-hybridized carbons (Fsp3) is 0.200. The number of carboxylic acid groups (broad SMARTS) is 1. The van der Waals surface area contributed by atoms with Crippen LogP contribution in [0.3, 0.4) is 0 Å². The molecular formula is C15H15NO3. The molecule has 0 atom stereocenters. The Labute approximate surface area is 111 Å². The van der Waals surface area contributed by atoms with E-state index in [0.717, 1.165) is 5.56 Å². The van der Waals surface area contributed by atoms with Crippen LogP contribution in [0.25, 0.3) is 12.2 Å². The molecule has 0 amide bonds. The van der Waals surface area contributed by atoms with Gasteiger partial charge in [-0.25, -0.2) is 4.98 Å². The molecule has 0 spiro atoms. The highest BCUT2D eigenvalue weighted by molar-refractivity contribution is 5.70. The molecule has 1 aromatic carbocycles. The Morgan fingerprint density at radius 2 is 1.95 bits per heavy atom. The number of aryl methyl sites for hydroxylation is 2. The summed E-state index contributed by atoms with van der Waals surface area (Å²) in [5.41, 5.74) is 2.71. The van der Waals surface area contributed by atoms with Gasteiger partial charge in [0.1, 0.15) is 5.76 Å². The monoisotopic (exact) mass is 257 g/mol. The minimum absolute atomic E-state index is 0.117. The van der Waals surface area contributed by atoms with Crippen LogP contribution in [0.4, 0.5) is 0 Å². The van der Waals surface area contributed by atoms with Crippen molar-refractivity contribution in [1.29, 1.82) is 0 Å². The summed E-state index contributed by atoms with van der Waals surface area (Å²) in [6, 6.07) is 8.05. The van der Waals surface area contributed by atoms with Gasteiger partial charge in [0.2, 0.25) is 5.89 Å². The molecule has 0 aliphatic carbocycles. The fourth-order valence-corrected chi connectivity index (χ4v) is 1.67. The van der Waals surface area contributed by atoms with Crippen molar-refractivity contribution in [2.24, 2.45) is 0 Å². The molecule has 19 heavy (non-hydrogen) atoms. The van der Waals surface area contributed by atoms with Gasteiger partial charge in [0, 0.05) is 6.08 Å². The Kier molecular flexibility index (Phi) is 3.80. The lowest BCUT2D eigenvalue weighted by Gasteiger charge is -1.93. The SMILES string of the molecule is Cc1ccc(/C=C/c2nc(CC(=O)O)c(C)o2)cc1. The van der Waals surface area contributed by atoms with Gasteiger partial charge < -0.3 is 9.52 Å². The van der Waals surface area contributed by atoms with E-state index in [4.69, 9.17) is 9.52 Å². The summed E-state index contributed by atoms with van der Waals surface area (Å²) in [6.07, 6.45) is 3.51. The molecule has 0 aliphatic rings. The molecule has 0 aliphatic heterocycles. The number of benzene rings is 1. The molecule has 0 saturated heterocycles. The lowest BCUT2D eigenvalue weighted by molar-refractivity contribution is -0.136. The first-order chi connectivity index (χ1) is 9.04. The standard InChI is InChI=1S/C15H15NO3/c1-10-3-5-12(6-4-10)7-8-14-16-13(9-15(17)18)11(2)19-14/h3-8H,9H2,1-2H3,(H,17,18)/b8-7+. The molecule has 1 aromatic heterocycles. The quantitative estimate of drug-likeness (QED) is 0.914. The second-order valence-corrected chi connectivity index (χ2v) is 4.37. The zero-order valence-electron chi connectivity index (χ0n) is 10.9. The van der Waals surface area contributed by atoms with Crippen LogP contribution in [0.2, 0.25) is 0 Å². The van der Waals surface area contributed by atoms with E-state index in [9.17, 15) is 4.79 Å².